The average Bonchev–Trinajstić information content (AvgIpc) is 3.24. The Morgan fingerprint density at radius 3 is 2.48 bits per heavy atom. The van der Waals surface area contributed by atoms with Crippen molar-refractivity contribution in [3.05, 3.63) is 64.7 Å². The van der Waals surface area contributed by atoms with E-state index in [2.05, 4.69) is 20.8 Å². The second-order valence-corrected chi connectivity index (χ2v) is 8.79. The summed E-state index contributed by atoms with van der Waals surface area (Å²) in [5.74, 6) is -0.522. The minimum absolute atomic E-state index is 0.138. The van der Waals surface area contributed by atoms with Crippen LogP contribution in [0.3, 0.4) is 0 Å². The fraction of sp³-hybridized carbons (Fsp3) is 0.190. The van der Waals surface area contributed by atoms with E-state index in [-0.39, 0.29) is 23.2 Å². The van der Waals surface area contributed by atoms with Crippen LogP contribution in [-0.2, 0) is 9.53 Å². The largest absolute Gasteiger partial charge is 0.383 e. The average molecular weight is 455 g/mol. The van der Waals surface area contributed by atoms with Crippen LogP contribution >= 0.6 is 23.1 Å². The number of thioether (sulfide) groups is 1. The standard InChI is InChI=1S/C21H18N4O4S2/c1-29-9-8-22-20-24-25-21(31-20)30-11-17(26)23-12-6-7-15-16(10-12)19(28)14-5-3-2-4-13(14)18(15)27/h2-7,10H,8-9,11H2,1H3,(H,22,24)(H,23,26). The van der Waals surface area contributed by atoms with Gasteiger partial charge in [-0.25, -0.2) is 0 Å². The molecule has 0 spiro atoms. The van der Waals surface area contributed by atoms with Gasteiger partial charge in [0.1, 0.15) is 0 Å². The zero-order chi connectivity index (χ0) is 21.8. The summed E-state index contributed by atoms with van der Waals surface area (Å²) in [6.07, 6.45) is 0. The molecule has 0 saturated carbocycles. The summed E-state index contributed by atoms with van der Waals surface area (Å²) in [7, 11) is 1.62. The first-order chi connectivity index (χ1) is 15.1. The number of carbonyl (C=O) groups excluding carboxylic acids is 3. The molecule has 0 atom stereocenters. The van der Waals surface area contributed by atoms with Crippen molar-refractivity contribution in [2.24, 2.45) is 0 Å². The third kappa shape index (κ3) is 4.66. The fourth-order valence-electron chi connectivity index (χ4n) is 3.10. The lowest BCUT2D eigenvalue weighted by atomic mass is 9.84. The molecule has 1 heterocycles. The molecule has 10 heteroatoms. The Kier molecular flexibility index (Phi) is 6.40. The molecule has 31 heavy (non-hydrogen) atoms. The number of nitrogens with one attached hydrogen (secondary N) is 2. The summed E-state index contributed by atoms with van der Waals surface area (Å²) in [5.41, 5.74) is 1.89. The van der Waals surface area contributed by atoms with Crippen LogP contribution in [0.1, 0.15) is 31.8 Å². The van der Waals surface area contributed by atoms with Crippen molar-refractivity contribution < 1.29 is 19.1 Å². The highest BCUT2D eigenvalue weighted by molar-refractivity contribution is 8.01. The van der Waals surface area contributed by atoms with Gasteiger partial charge in [-0.05, 0) is 18.2 Å². The summed E-state index contributed by atoms with van der Waals surface area (Å²) in [6.45, 7) is 1.19. The molecular weight excluding hydrogens is 436 g/mol. The summed E-state index contributed by atoms with van der Waals surface area (Å²) in [6, 6.07) is 11.5. The van der Waals surface area contributed by atoms with Gasteiger partial charge < -0.3 is 15.4 Å². The number of amides is 1. The molecule has 8 nitrogen and oxygen atoms in total. The Balaban J connectivity index is 1.39. The molecule has 1 aliphatic rings. The minimum Gasteiger partial charge on any atom is -0.383 e. The maximum atomic E-state index is 12.8. The van der Waals surface area contributed by atoms with Crippen molar-refractivity contribution in [2.75, 3.05) is 36.6 Å². The van der Waals surface area contributed by atoms with Gasteiger partial charge in [-0.2, -0.15) is 0 Å². The van der Waals surface area contributed by atoms with E-state index < -0.39 is 0 Å². The molecule has 1 aromatic heterocycles. The van der Waals surface area contributed by atoms with Crippen LogP contribution in [0.5, 0.6) is 0 Å². The summed E-state index contributed by atoms with van der Waals surface area (Å²) in [5, 5.41) is 14.6. The number of fused-ring (bicyclic) bond motifs is 2. The molecule has 0 fully saturated rings. The van der Waals surface area contributed by atoms with Gasteiger partial charge in [0.05, 0.1) is 12.4 Å². The molecule has 1 aliphatic carbocycles. The Morgan fingerprint density at radius 2 is 1.74 bits per heavy atom. The summed E-state index contributed by atoms with van der Waals surface area (Å²) in [4.78, 5) is 37.8. The summed E-state index contributed by atoms with van der Waals surface area (Å²) >= 11 is 2.62. The zero-order valence-corrected chi connectivity index (χ0v) is 18.1. The molecule has 4 rings (SSSR count). The Bertz CT molecular complexity index is 1160. The van der Waals surface area contributed by atoms with E-state index in [1.807, 2.05) is 0 Å². The predicted molar refractivity (Wildman–Crippen MR) is 119 cm³/mol. The predicted octanol–water partition coefficient (Wildman–Crippen LogP) is 3.10. The van der Waals surface area contributed by atoms with Crippen LogP contribution in [0, 0.1) is 0 Å². The van der Waals surface area contributed by atoms with Crippen molar-refractivity contribution in [3.8, 4) is 0 Å². The molecular formula is C21H18N4O4S2. The van der Waals surface area contributed by atoms with E-state index in [1.165, 1.54) is 23.1 Å². The summed E-state index contributed by atoms with van der Waals surface area (Å²) < 4.78 is 5.63. The first kappa shape index (κ1) is 21.2. The molecule has 0 bridgehead atoms. The molecule has 3 aromatic rings. The van der Waals surface area contributed by atoms with E-state index in [0.29, 0.717) is 50.6 Å². The van der Waals surface area contributed by atoms with Crippen molar-refractivity contribution in [1.82, 2.24) is 10.2 Å². The van der Waals surface area contributed by atoms with E-state index in [4.69, 9.17) is 4.74 Å². The van der Waals surface area contributed by atoms with Crippen molar-refractivity contribution in [2.45, 2.75) is 4.34 Å². The quantitative estimate of drug-likeness (QED) is 0.309. The maximum Gasteiger partial charge on any atom is 0.234 e. The van der Waals surface area contributed by atoms with Crippen LogP contribution in [-0.4, -0.2) is 53.7 Å². The van der Waals surface area contributed by atoms with Crippen molar-refractivity contribution in [1.29, 1.82) is 0 Å². The number of hydrogen-bond acceptors (Lipinski definition) is 9. The van der Waals surface area contributed by atoms with Crippen molar-refractivity contribution >= 4 is 51.4 Å². The first-order valence-electron chi connectivity index (χ1n) is 9.38. The molecule has 0 aliphatic heterocycles. The highest BCUT2D eigenvalue weighted by Gasteiger charge is 2.29. The lowest BCUT2D eigenvalue weighted by molar-refractivity contribution is -0.113. The van der Waals surface area contributed by atoms with Crippen LogP contribution in [0.15, 0.2) is 46.8 Å². The number of carbonyl (C=O) groups is 3. The van der Waals surface area contributed by atoms with E-state index in [0.717, 1.165) is 0 Å². The number of methoxy groups -OCH3 is 1. The molecule has 1 amide bonds. The van der Waals surface area contributed by atoms with Gasteiger partial charge in [0.2, 0.25) is 11.0 Å². The maximum absolute atomic E-state index is 12.8. The van der Waals surface area contributed by atoms with Gasteiger partial charge in [0.15, 0.2) is 15.9 Å². The second-order valence-electron chi connectivity index (χ2n) is 6.59. The van der Waals surface area contributed by atoms with Gasteiger partial charge in [0.25, 0.3) is 0 Å². The zero-order valence-electron chi connectivity index (χ0n) is 16.5. The smallest absolute Gasteiger partial charge is 0.234 e. The van der Waals surface area contributed by atoms with Crippen LogP contribution in [0.2, 0.25) is 0 Å². The number of ether oxygens (including phenoxy) is 1. The number of aromatic nitrogens is 2. The van der Waals surface area contributed by atoms with Crippen LogP contribution < -0.4 is 10.6 Å². The molecule has 2 aromatic carbocycles. The second kappa shape index (κ2) is 9.38. The highest BCUT2D eigenvalue weighted by Crippen LogP contribution is 2.29. The Hall–Kier alpha value is -3.08. The topological polar surface area (TPSA) is 110 Å². The number of rotatable bonds is 8. The molecule has 0 saturated heterocycles. The van der Waals surface area contributed by atoms with Gasteiger partial charge >= 0.3 is 0 Å². The lowest BCUT2D eigenvalue weighted by Crippen LogP contribution is -2.21. The molecule has 2 N–H and O–H groups in total. The Morgan fingerprint density at radius 1 is 1.03 bits per heavy atom. The van der Waals surface area contributed by atoms with E-state index >= 15 is 0 Å². The Labute approximate surface area is 186 Å². The number of ketones is 2. The van der Waals surface area contributed by atoms with E-state index in [1.54, 1.807) is 49.6 Å². The number of anilines is 2. The minimum atomic E-state index is -0.246. The van der Waals surface area contributed by atoms with Crippen LogP contribution in [0.25, 0.3) is 0 Å². The number of hydrogen-bond donors (Lipinski definition) is 2. The lowest BCUT2D eigenvalue weighted by Gasteiger charge is -2.18. The van der Waals surface area contributed by atoms with Gasteiger partial charge in [-0.15, -0.1) is 10.2 Å². The molecule has 0 unspecified atom stereocenters. The third-order valence-electron chi connectivity index (χ3n) is 4.52. The first-order valence-corrected chi connectivity index (χ1v) is 11.2. The third-order valence-corrected chi connectivity index (χ3v) is 6.54. The molecule has 0 radical (unpaired) electrons. The fourth-order valence-corrected chi connectivity index (χ4v) is 4.68. The van der Waals surface area contributed by atoms with Crippen LogP contribution in [0.4, 0.5) is 10.8 Å². The van der Waals surface area contributed by atoms with Gasteiger partial charge in [0, 0.05) is 41.6 Å². The van der Waals surface area contributed by atoms with E-state index in [9.17, 15) is 14.4 Å². The van der Waals surface area contributed by atoms with Gasteiger partial charge in [-0.3, -0.25) is 14.4 Å². The monoisotopic (exact) mass is 454 g/mol. The normalized spacial score (nSPS) is 12.3. The van der Waals surface area contributed by atoms with Crippen molar-refractivity contribution in [3.63, 3.8) is 0 Å². The SMILES string of the molecule is COCCNc1nnc(SCC(=O)Nc2ccc3c(c2)C(=O)c2ccccc2C3=O)s1. The van der Waals surface area contributed by atoms with Gasteiger partial charge in [-0.1, -0.05) is 47.4 Å². The molecule has 158 valence electrons. The number of nitrogens with zero attached hydrogens (tertiary/aromatic N) is 2. The highest BCUT2D eigenvalue weighted by atomic mass is 32.2. The number of benzene rings is 2.